The molecule has 0 spiro atoms. The first kappa shape index (κ1) is 31.0. The standard InChI is InChI=1S/C29H33N7O6S/c1-18-7-8-20(13-24(18)36-17-25(33-35-36)42-28(38)31-16-19-9-11-30-12-10-19)27(37)32-22-14-21(29(2,3)4)15-23(26(22)41-5)34-43(6,39)40/h7-15,17,34H,16H2,1-6H3,(H,31,38)(H,32,37). The Morgan fingerprint density at radius 1 is 1.02 bits per heavy atom. The van der Waals surface area contributed by atoms with Crippen LogP contribution in [0.3, 0.4) is 0 Å². The fourth-order valence-electron chi connectivity index (χ4n) is 4.06. The number of sulfonamides is 1. The smallest absolute Gasteiger partial charge is 0.414 e. The highest BCUT2D eigenvalue weighted by Crippen LogP contribution is 2.39. The molecule has 13 nitrogen and oxygen atoms in total. The van der Waals surface area contributed by atoms with Gasteiger partial charge in [0, 0.05) is 24.5 Å². The number of aryl methyl sites for hydroxylation is 1. The third-order valence-corrected chi connectivity index (χ3v) is 6.87. The van der Waals surface area contributed by atoms with Gasteiger partial charge in [0.1, 0.15) is 0 Å². The molecule has 0 atom stereocenters. The van der Waals surface area contributed by atoms with Gasteiger partial charge < -0.3 is 20.1 Å². The molecule has 0 saturated carbocycles. The molecule has 2 aromatic carbocycles. The van der Waals surface area contributed by atoms with Crippen LogP contribution < -0.4 is 24.8 Å². The average molecular weight is 608 g/mol. The van der Waals surface area contributed by atoms with Gasteiger partial charge in [-0.2, -0.15) is 0 Å². The van der Waals surface area contributed by atoms with Gasteiger partial charge in [0.25, 0.3) is 11.8 Å². The molecule has 14 heteroatoms. The molecule has 2 amide bonds. The number of benzene rings is 2. The Morgan fingerprint density at radius 3 is 2.37 bits per heavy atom. The lowest BCUT2D eigenvalue weighted by Gasteiger charge is -2.24. The number of methoxy groups -OCH3 is 1. The van der Waals surface area contributed by atoms with E-state index < -0.39 is 22.0 Å². The van der Waals surface area contributed by atoms with Crippen LogP contribution >= 0.6 is 0 Å². The molecule has 43 heavy (non-hydrogen) atoms. The van der Waals surface area contributed by atoms with Crippen molar-refractivity contribution in [2.24, 2.45) is 0 Å². The van der Waals surface area contributed by atoms with E-state index in [0.29, 0.717) is 11.4 Å². The topological polar surface area (TPSA) is 166 Å². The van der Waals surface area contributed by atoms with Gasteiger partial charge >= 0.3 is 6.09 Å². The highest BCUT2D eigenvalue weighted by molar-refractivity contribution is 7.92. The number of aromatic nitrogens is 4. The summed E-state index contributed by atoms with van der Waals surface area (Å²) in [6.45, 7) is 7.99. The van der Waals surface area contributed by atoms with Crippen LogP contribution in [0.4, 0.5) is 16.2 Å². The summed E-state index contributed by atoms with van der Waals surface area (Å²) in [5.74, 6) is -0.335. The fraction of sp³-hybridized carbons (Fsp3) is 0.276. The number of anilines is 2. The molecule has 0 aliphatic rings. The van der Waals surface area contributed by atoms with Gasteiger partial charge in [-0.15, -0.1) is 0 Å². The zero-order valence-electron chi connectivity index (χ0n) is 24.6. The fourth-order valence-corrected chi connectivity index (χ4v) is 4.61. The van der Waals surface area contributed by atoms with E-state index >= 15 is 0 Å². The average Bonchev–Trinajstić information content (AvgIpc) is 3.39. The summed E-state index contributed by atoms with van der Waals surface area (Å²) in [5.41, 5.74) is 3.36. The van der Waals surface area contributed by atoms with Crippen molar-refractivity contribution in [2.45, 2.75) is 39.7 Å². The second-order valence-corrected chi connectivity index (χ2v) is 12.5. The summed E-state index contributed by atoms with van der Waals surface area (Å²) in [4.78, 5) is 29.6. The van der Waals surface area contributed by atoms with E-state index in [1.165, 1.54) is 18.0 Å². The monoisotopic (exact) mass is 607 g/mol. The number of hydrogen-bond acceptors (Lipinski definition) is 9. The summed E-state index contributed by atoms with van der Waals surface area (Å²) in [6, 6.07) is 12.0. The number of carbonyl (C=O) groups excluding carboxylic acids is 2. The second kappa shape index (κ2) is 12.5. The first-order chi connectivity index (χ1) is 20.2. The van der Waals surface area contributed by atoms with E-state index in [-0.39, 0.29) is 34.8 Å². The molecular weight excluding hydrogens is 574 g/mol. The predicted octanol–water partition coefficient (Wildman–Crippen LogP) is 4.19. The number of nitrogens with one attached hydrogen (secondary N) is 3. The molecule has 0 bridgehead atoms. The molecule has 0 radical (unpaired) electrons. The number of rotatable bonds is 9. The lowest BCUT2D eigenvalue weighted by atomic mass is 9.86. The summed E-state index contributed by atoms with van der Waals surface area (Å²) < 4.78 is 38.7. The molecule has 0 fully saturated rings. The molecule has 4 rings (SSSR count). The predicted molar refractivity (Wildman–Crippen MR) is 161 cm³/mol. The number of ether oxygens (including phenoxy) is 2. The third kappa shape index (κ3) is 8.07. The third-order valence-electron chi connectivity index (χ3n) is 6.28. The zero-order valence-corrected chi connectivity index (χ0v) is 25.4. The van der Waals surface area contributed by atoms with E-state index in [2.05, 4.69) is 30.7 Å². The molecule has 2 heterocycles. The highest BCUT2D eigenvalue weighted by Gasteiger charge is 2.23. The molecular formula is C29H33N7O6S. The van der Waals surface area contributed by atoms with Crippen LogP contribution in [0.5, 0.6) is 11.6 Å². The Morgan fingerprint density at radius 2 is 1.72 bits per heavy atom. The van der Waals surface area contributed by atoms with Gasteiger partial charge in [0.05, 0.1) is 36.6 Å². The lowest BCUT2D eigenvalue weighted by molar-refractivity contribution is 0.102. The summed E-state index contributed by atoms with van der Waals surface area (Å²) in [6.07, 6.45) is 5.01. The van der Waals surface area contributed by atoms with E-state index in [1.54, 1.807) is 54.9 Å². The maximum absolute atomic E-state index is 13.4. The lowest BCUT2D eigenvalue weighted by Crippen LogP contribution is -2.26. The van der Waals surface area contributed by atoms with Crippen molar-refractivity contribution in [2.75, 3.05) is 23.4 Å². The second-order valence-electron chi connectivity index (χ2n) is 10.8. The SMILES string of the molecule is COc1c(NC(=O)c2ccc(C)c(-n3cc(OC(=O)NCc4ccncc4)nn3)c2)cc(C(C)(C)C)cc1NS(C)(=O)=O. The largest absolute Gasteiger partial charge is 0.492 e. The van der Waals surface area contributed by atoms with Crippen LogP contribution in [-0.4, -0.2) is 53.8 Å². The summed E-state index contributed by atoms with van der Waals surface area (Å²) >= 11 is 0. The molecule has 0 unspecified atom stereocenters. The van der Waals surface area contributed by atoms with Crippen molar-refractivity contribution < 1.29 is 27.5 Å². The highest BCUT2D eigenvalue weighted by atomic mass is 32.2. The zero-order chi connectivity index (χ0) is 31.4. The minimum atomic E-state index is -3.63. The number of carbonyl (C=O) groups is 2. The van der Waals surface area contributed by atoms with E-state index in [1.807, 2.05) is 27.7 Å². The summed E-state index contributed by atoms with van der Waals surface area (Å²) in [7, 11) is -2.24. The minimum Gasteiger partial charge on any atom is -0.492 e. The van der Waals surface area contributed by atoms with Gasteiger partial charge in [0.15, 0.2) is 5.75 Å². The Labute approximate surface area is 249 Å². The Bertz CT molecular complexity index is 1750. The number of hydrogen-bond donors (Lipinski definition) is 3. The van der Waals surface area contributed by atoms with E-state index in [0.717, 1.165) is 22.9 Å². The van der Waals surface area contributed by atoms with E-state index in [4.69, 9.17) is 9.47 Å². The Hall–Kier alpha value is -4.98. The molecule has 0 aliphatic heterocycles. The number of nitrogens with zero attached hydrogens (tertiary/aromatic N) is 4. The van der Waals surface area contributed by atoms with Crippen LogP contribution in [0.15, 0.2) is 61.1 Å². The maximum atomic E-state index is 13.4. The molecule has 0 aliphatic carbocycles. The molecule has 4 aromatic rings. The Kier molecular flexibility index (Phi) is 8.99. The number of pyridine rings is 1. The first-order valence-corrected chi connectivity index (χ1v) is 15.0. The normalized spacial score (nSPS) is 11.5. The maximum Gasteiger partial charge on any atom is 0.414 e. The van der Waals surface area contributed by atoms with Gasteiger partial charge in [-0.3, -0.25) is 14.5 Å². The van der Waals surface area contributed by atoms with Gasteiger partial charge in [-0.1, -0.05) is 37.1 Å². The quantitative estimate of drug-likeness (QED) is 0.253. The molecule has 2 aromatic heterocycles. The van der Waals surface area contributed by atoms with Crippen molar-refractivity contribution >= 4 is 33.4 Å². The van der Waals surface area contributed by atoms with Crippen molar-refractivity contribution in [3.05, 3.63) is 83.3 Å². The first-order valence-electron chi connectivity index (χ1n) is 13.1. The number of amides is 2. The van der Waals surface area contributed by atoms with Gasteiger partial charge in [-0.25, -0.2) is 17.9 Å². The van der Waals surface area contributed by atoms with Crippen LogP contribution in [0, 0.1) is 6.92 Å². The van der Waals surface area contributed by atoms with Crippen molar-refractivity contribution in [3.8, 4) is 17.3 Å². The van der Waals surface area contributed by atoms with Crippen LogP contribution in [0.25, 0.3) is 5.69 Å². The van der Waals surface area contributed by atoms with Crippen molar-refractivity contribution in [3.63, 3.8) is 0 Å². The van der Waals surface area contributed by atoms with Crippen LogP contribution in [0.1, 0.15) is 47.8 Å². The molecule has 226 valence electrons. The Balaban J connectivity index is 1.56. The van der Waals surface area contributed by atoms with Crippen LogP contribution in [0.2, 0.25) is 0 Å². The van der Waals surface area contributed by atoms with Crippen molar-refractivity contribution in [1.29, 1.82) is 0 Å². The minimum absolute atomic E-state index is 0.0314. The van der Waals surface area contributed by atoms with Crippen molar-refractivity contribution in [1.82, 2.24) is 25.3 Å². The molecule has 0 saturated heterocycles. The van der Waals surface area contributed by atoms with Gasteiger partial charge in [-0.05, 0) is 65.4 Å². The van der Waals surface area contributed by atoms with E-state index in [9.17, 15) is 18.0 Å². The molecule has 3 N–H and O–H groups in total. The van der Waals surface area contributed by atoms with Crippen LogP contribution in [-0.2, 0) is 22.0 Å². The summed E-state index contributed by atoms with van der Waals surface area (Å²) in [5, 5.41) is 13.4. The van der Waals surface area contributed by atoms with Gasteiger partial charge in [0.2, 0.25) is 10.0 Å².